The van der Waals surface area contributed by atoms with Gasteiger partial charge in [0.15, 0.2) is 5.60 Å². The van der Waals surface area contributed by atoms with Crippen LogP contribution >= 0.6 is 0 Å². The van der Waals surface area contributed by atoms with E-state index in [1.165, 1.54) is 0 Å². The van der Waals surface area contributed by atoms with Crippen LogP contribution < -0.4 is 10.6 Å². The molecule has 18 heavy (non-hydrogen) atoms. The molecule has 1 amide bonds. The Morgan fingerprint density at radius 1 is 1.44 bits per heavy atom. The average molecular weight is 250 g/mol. The fraction of sp³-hybridized carbons (Fsp3) is 0.583. The number of ether oxygens (including phenoxy) is 1. The van der Waals surface area contributed by atoms with Crippen LogP contribution in [0, 0.1) is 13.8 Å². The van der Waals surface area contributed by atoms with Crippen molar-refractivity contribution >= 4 is 11.9 Å². The van der Waals surface area contributed by atoms with E-state index in [0.717, 1.165) is 11.4 Å². The summed E-state index contributed by atoms with van der Waals surface area (Å²) >= 11 is 0. The largest absolute Gasteiger partial charge is 0.367 e. The van der Waals surface area contributed by atoms with Gasteiger partial charge in [-0.25, -0.2) is 9.97 Å². The number of carbonyl (C=O) groups excluding carboxylic acids is 1. The van der Waals surface area contributed by atoms with Crippen molar-refractivity contribution < 1.29 is 9.53 Å². The number of primary amides is 1. The molecule has 1 saturated heterocycles. The Morgan fingerprint density at radius 2 is 2.06 bits per heavy atom. The highest BCUT2D eigenvalue weighted by molar-refractivity contribution is 5.84. The van der Waals surface area contributed by atoms with E-state index in [1.54, 1.807) is 6.92 Å². The van der Waals surface area contributed by atoms with Gasteiger partial charge in [0.2, 0.25) is 5.95 Å². The molecule has 0 aromatic carbocycles. The van der Waals surface area contributed by atoms with Gasteiger partial charge in [-0.1, -0.05) is 0 Å². The third-order valence-electron chi connectivity index (χ3n) is 3.05. The highest BCUT2D eigenvalue weighted by Gasteiger charge is 2.38. The van der Waals surface area contributed by atoms with E-state index in [2.05, 4.69) is 9.97 Å². The van der Waals surface area contributed by atoms with Crippen LogP contribution in [0.1, 0.15) is 18.3 Å². The molecule has 1 aromatic heterocycles. The maximum absolute atomic E-state index is 11.4. The summed E-state index contributed by atoms with van der Waals surface area (Å²) in [6.07, 6.45) is 0. The molecule has 6 nitrogen and oxygen atoms in total. The molecule has 6 heteroatoms. The summed E-state index contributed by atoms with van der Waals surface area (Å²) in [5.41, 5.74) is 6.21. The highest BCUT2D eigenvalue weighted by Crippen LogP contribution is 2.21. The van der Waals surface area contributed by atoms with E-state index in [1.807, 2.05) is 24.8 Å². The first-order chi connectivity index (χ1) is 8.40. The van der Waals surface area contributed by atoms with Crippen LogP contribution in [0.5, 0.6) is 0 Å². The molecule has 0 aliphatic carbocycles. The second-order valence-corrected chi connectivity index (χ2v) is 4.82. The lowest BCUT2D eigenvalue weighted by molar-refractivity contribution is -0.142. The van der Waals surface area contributed by atoms with Crippen LogP contribution in [0.2, 0.25) is 0 Å². The molecule has 1 atom stereocenters. The van der Waals surface area contributed by atoms with Crippen LogP contribution in [0.3, 0.4) is 0 Å². The molecule has 0 bridgehead atoms. The minimum absolute atomic E-state index is 0.380. The van der Waals surface area contributed by atoms with Crippen molar-refractivity contribution in [2.45, 2.75) is 26.4 Å². The van der Waals surface area contributed by atoms with E-state index in [-0.39, 0.29) is 0 Å². The van der Waals surface area contributed by atoms with Crippen LogP contribution in [0.25, 0.3) is 0 Å². The number of carbonyl (C=O) groups is 1. The molecule has 2 heterocycles. The Balaban J connectivity index is 2.26. The van der Waals surface area contributed by atoms with E-state index in [9.17, 15) is 4.79 Å². The summed E-state index contributed by atoms with van der Waals surface area (Å²) in [6.45, 7) is 7.02. The topological polar surface area (TPSA) is 81.3 Å². The fourth-order valence-corrected chi connectivity index (χ4v) is 2.04. The monoisotopic (exact) mass is 250 g/mol. The number of nitrogens with two attached hydrogens (primary N) is 1. The smallest absolute Gasteiger partial charge is 0.251 e. The zero-order valence-electron chi connectivity index (χ0n) is 10.9. The SMILES string of the molecule is Cc1cc(C)nc(N2CCOC(C)(C(N)=O)C2)n1. The van der Waals surface area contributed by atoms with E-state index in [0.29, 0.717) is 25.6 Å². The third kappa shape index (κ3) is 2.43. The molecule has 1 aliphatic heterocycles. The lowest BCUT2D eigenvalue weighted by Crippen LogP contribution is -2.57. The third-order valence-corrected chi connectivity index (χ3v) is 3.05. The molecular formula is C12H18N4O2. The number of amides is 1. The minimum atomic E-state index is -0.973. The van der Waals surface area contributed by atoms with Crippen LogP contribution in [0.4, 0.5) is 5.95 Å². The Labute approximate surface area is 106 Å². The lowest BCUT2D eigenvalue weighted by Gasteiger charge is -2.38. The second-order valence-electron chi connectivity index (χ2n) is 4.82. The number of hydrogen-bond acceptors (Lipinski definition) is 5. The summed E-state index contributed by atoms with van der Waals surface area (Å²) in [5.74, 6) is 0.167. The van der Waals surface area contributed by atoms with Crippen LogP contribution in [-0.4, -0.2) is 41.2 Å². The number of aromatic nitrogens is 2. The molecule has 1 aromatic rings. The molecule has 2 N–H and O–H groups in total. The predicted molar refractivity (Wildman–Crippen MR) is 67.3 cm³/mol. The number of nitrogens with zero attached hydrogens (tertiary/aromatic N) is 3. The van der Waals surface area contributed by atoms with Crippen molar-refractivity contribution in [3.05, 3.63) is 17.5 Å². The first-order valence-electron chi connectivity index (χ1n) is 5.92. The van der Waals surface area contributed by atoms with E-state index in [4.69, 9.17) is 10.5 Å². The van der Waals surface area contributed by atoms with Crippen molar-refractivity contribution in [1.82, 2.24) is 9.97 Å². The summed E-state index contributed by atoms with van der Waals surface area (Å²) in [5, 5.41) is 0. The quantitative estimate of drug-likeness (QED) is 0.809. The van der Waals surface area contributed by atoms with Gasteiger partial charge in [-0.3, -0.25) is 4.79 Å². The van der Waals surface area contributed by atoms with Crippen LogP contribution in [0.15, 0.2) is 6.07 Å². The lowest BCUT2D eigenvalue weighted by atomic mass is 10.0. The van der Waals surface area contributed by atoms with Gasteiger partial charge in [-0.15, -0.1) is 0 Å². The standard InChI is InChI=1S/C12H18N4O2/c1-8-6-9(2)15-11(14-8)16-4-5-18-12(3,7-16)10(13)17/h6H,4-5,7H2,1-3H3,(H2,13,17). The van der Waals surface area contributed by atoms with Gasteiger partial charge in [0.05, 0.1) is 13.2 Å². The fourth-order valence-electron chi connectivity index (χ4n) is 2.04. The molecule has 0 radical (unpaired) electrons. The minimum Gasteiger partial charge on any atom is -0.367 e. The van der Waals surface area contributed by atoms with Gasteiger partial charge in [0, 0.05) is 17.9 Å². The zero-order chi connectivity index (χ0) is 13.3. The number of morpholine rings is 1. The number of aryl methyl sites for hydroxylation is 2. The maximum Gasteiger partial charge on any atom is 0.251 e. The molecule has 1 fully saturated rings. The van der Waals surface area contributed by atoms with Crippen molar-refractivity contribution in [2.24, 2.45) is 5.73 Å². The van der Waals surface area contributed by atoms with Crippen LogP contribution in [-0.2, 0) is 9.53 Å². The average Bonchev–Trinajstić information content (AvgIpc) is 2.27. The summed E-state index contributed by atoms with van der Waals surface area (Å²) in [4.78, 5) is 22.1. The molecule has 98 valence electrons. The summed E-state index contributed by atoms with van der Waals surface area (Å²) in [6, 6.07) is 1.91. The van der Waals surface area contributed by atoms with Gasteiger partial charge < -0.3 is 15.4 Å². The second kappa shape index (κ2) is 4.53. The Hall–Kier alpha value is -1.69. The van der Waals surface area contributed by atoms with Gasteiger partial charge >= 0.3 is 0 Å². The maximum atomic E-state index is 11.4. The molecule has 0 spiro atoms. The molecular weight excluding hydrogens is 232 g/mol. The zero-order valence-corrected chi connectivity index (χ0v) is 10.9. The van der Waals surface area contributed by atoms with E-state index >= 15 is 0 Å². The first-order valence-corrected chi connectivity index (χ1v) is 5.92. The highest BCUT2D eigenvalue weighted by atomic mass is 16.5. The van der Waals surface area contributed by atoms with Gasteiger partial charge in [-0.2, -0.15) is 0 Å². The van der Waals surface area contributed by atoms with Crippen molar-refractivity contribution in [2.75, 3.05) is 24.6 Å². The number of hydrogen-bond donors (Lipinski definition) is 1. The Kier molecular flexibility index (Phi) is 3.21. The number of rotatable bonds is 2. The Morgan fingerprint density at radius 3 is 2.61 bits per heavy atom. The molecule has 0 saturated carbocycles. The first kappa shape index (κ1) is 12.8. The normalized spacial score (nSPS) is 24.1. The molecule has 1 unspecified atom stereocenters. The van der Waals surface area contributed by atoms with Crippen molar-refractivity contribution in [1.29, 1.82) is 0 Å². The van der Waals surface area contributed by atoms with Crippen molar-refractivity contribution in [3.63, 3.8) is 0 Å². The van der Waals surface area contributed by atoms with Gasteiger partial charge in [0.25, 0.3) is 5.91 Å². The van der Waals surface area contributed by atoms with Crippen molar-refractivity contribution in [3.8, 4) is 0 Å². The Bertz CT molecular complexity index is 457. The van der Waals surface area contributed by atoms with Gasteiger partial charge in [0.1, 0.15) is 0 Å². The molecule has 1 aliphatic rings. The molecule has 2 rings (SSSR count). The number of anilines is 1. The summed E-state index contributed by atoms with van der Waals surface area (Å²) < 4.78 is 5.47. The van der Waals surface area contributed by atoms with Gasteiger partial charge in [-0.05, 0) is 26.8 Å². The predicted octanol–water partition coefficient (Wildman–Crippen LogP) is 0.174. The van der Waals surface area contributed by atoms with E-state index < -0.39 is 11.5 Å². The summed E-state index contributed by atoms with van der Waals surface area (Å²) in [7, 11) is 0.